The van der Waals surface area contributed by atoms with E-state index in [9.17, 15) is 0 Å². The maximum atomic E-state index is 2.65. The summed E-state index contributed by atoms with van der Waals surface area (Å²) in [7, 11) is 29.7. The van der Waals surface area contributed by atoms with Gasteiger partial charge in [0, 0.05) is 50.1 Å². The molecule has 0 radical (unpaired) electrons. The molecular formula is C58H135N14+7. The van der Waals surface area contributed by atoms with E-state index in [1.807, 2.05) is 0 Å². The van der Waals surface area contributed by atoms with Crippen molar-refractivity contribution in [3.05, 3.63) is 0 Å². The van der Waals surface area contributed by atoms with E-state index >= 15 is 0 Å². The highest BCUT2D eigenvalue weighted by molar-refractivity contribution is 4.81. The van der Waals surface area contributed by atoms with E-state index in [2.05, 4.69) is 202 Å². The molecule has 8 saturated heterocycles. The smallest absolute Gasteiger partial charge is 0.140 e. The van der Waals surface area contributed by atoms with Crippen LogP contribution in [0.25, 0.3) is 0 Å². The first-order valence-corrected chi connectivity index (χ1v) is 29.9. The maximum Gasteiger partial charge on any atom is 0.140 e. The Hall–Kier alpha value is -0.560. The number of rotatable bonds is 10. The fraction of sp³-hybridized carbons (Fsp3) is 1.00. The molecule has 8 fully saturated rings. The lowest BCUT2D eigenvalue weighted by molar-refractivity contribution is -0.988. The highest BCUT2D eigenvalue weighted by Crippen LogP contribution is 2.34. The van der Waals surface area contributed by atoms with Crippen molar-refractivity contribution in [1.82, 2.24) is 34.3 Å². The molecule has 8 aliphatic heterocycles. The number of hydrogen-bond acceptors (Lipinski definition) is 7. The van der Waals surface area contributed by atoms with Crippen molar-refractivity contribution in [2.75, 3.05) is 256 Å². The van der Waals surface area contributed by atoms with Gasteiger partial charge in [-0.1, -0.05) is 41.5 Å². The van der Waals surface area contributed by atoms with Crippen LogP contribution in [0.2, 0.25) is 0 Å². The summed E-state index contributed by atoms with van der Waals surface area (Å²) >= 11 is 0. The number of likely N-dealkylation sites (N-methyl/N-ethyl adjacent to an activating group) is 8. The van der Waals surface area contributed by atoms with Gasteiger partial charge in [0.1, 0.15) is 53.3 Å². The zero-order valence-corrected chi connectivity index (χ0v) is 53.7. The van der Waals surface area contributed by atoms with Crippen LogP contribution < -0.4 is 0 Å². The minimum Gasteiger partial charge on any atom is -0.315 e. The third-order valence-corrected chi connectivity index (χ3v) is 17.4. The highest BCUT2D eigenvalue weighted by atomic mass is 15.6. The molecule has 14 nitrogen and oxygen atoms in total. The Kier molecular flexibility index (Phi) is 27.6. The molecule has 8 rings (SSSR count). The van der Waals surface area contributed by atoms with Gasteiger partial charge in [0.25, 0.3) is 0 Å². The first-order chi connectivity index (χ1) is 33.0. The lowest BCUT2D eigenvalue weighted by atomic mass is 9.98. The molecule has 1 atom stereocenters. The largest absolute Gasteiger partial charge is 0.315 e. The molecule has 0 aromatic heterocycles. The van der Waals surface area contributed by atoms with Crippen molar-refractivity contribution in [2.24, 2.45) is 5.92 Å². The monoisotopic (exact) mass is 1030 g/mol. The molecule has 0 bridgehead atoms. The Labute approximate surface area is 452 Å². The normalized spacial score (nSPS) is 26.8. The van der Waals surface area contributed by atoms with Gasteiger partial charge in [-0.25, -0.2) is 14.7 Å². The summed E-state index contributed by atoms with van der Waals surface area (Å²) in [4.78, 5) is 17.7. The first-order valence-electron chi connectivity index (χ1n) is 29.9. The topological polar surface area (TPSA) is 22.7 Å². The van der Waals surface area contributed by atoms with Crippen molar-refractivity contribution in [1.29, 1.82) is 0 Å². The summed E-state index contributed by atoms with van der Waals surface area (Å²) in [5, 5.41) is 0. The van der Waals surface area contributed by atoms with Crippen LogP contribution in [0.1, 0.15) is 108 Å². The molecule has 430 valence electrons. The first kappa shape index (κ1) is 67.5. The molecule has 8 heterocycles. The van der Waals surface area contributed by atoms with Gasteiger partial charge in [-0.05, 0) is 66.8 Å². The Morgan fingerprint density at radius 1 is 0.444 bits per heavy atom. The number of quaternary nitrogens is 7. The van der Waals surface area contributed by atoms with Gasteiger partial charge in [-0.2, -0.15) is 0 Å². The second kappa shape index (κ2) is 29.4. The van der Waals surface area contributed by atoms with Crippen LogP contribution in [-0.2, 0) is 0 Å². The van der Waals surface area contributed by atoms with Crippen LogP contribution in [0.4, 0.5) is 0 Å². The van der Waals surface area contributed by atoms with Crippen molar-refractivity contribution in [3.8, 4) is 0 Å². The highest BCUT2D eigenvalue weighted by Gasteiger charge is 2.49. The summed E-state index contributed by atoms with van der Waals surface area (Å²) in [6, 6.07) is 1.50. The minimum atomic E-state index is 0.437. The van der Waals surface area contributed by atoms with Gasteiger partial charge in [-0.3, -0.25) is 24.1 Å². The standard InChI is InChI=1S/C11H23N2.2C9H21N2.2C8H19N2.C7H17N2.C6H15N2/c1-4-11(2,3)12-9-13(10-12)7-5-6-8-13;1-9(2)7-10-5-6-11(3,4)8-10;1-5-9(2)10-6-7-11(3,4)8-10;1-8(2)9-5-6-10(3,4)7-9;1-4-5-9-6-7-10(2,3)8-9;1-4-8-5-6-9(2,3)7-8;1-7-4-5-8(2,3)6-7/h4-10H2,1-3H3;2*9H,5-8H2,1-4H3;8H,5-7H2,1-4H3;4-8H2,1-3H3;4-7H2,1-3H3;4-6H2,1-3H3/q7*+1. The zero-order chi connectivity index (χ0) is 55.0. The quantitative estimate of drug-likeness (QED) is 0.250. The fourth-order valence-corrected chi connectivity index (χ4v) is 11.6. The van der Waals surface area contributed by atoms with Gasteiger partial charge >= 0.3 is 0 Å². The van der Waals surface area contributed by atoms with Crippen LogP contribution in [-0.4, -0.2) is 340 Å². The predicted molar refractivity (Wildman–Crippen MR) is 313 cm³/mol. The molecule has 1 spiro atoms. The van der Waals surface area contributed by atoms with E-state index in [0.717, 1.165) is 27.0 Å². The second-order valence-electron chi connectivity index (χ2n) is 29.6. The van der Waals surface area contributed by atoms with Gasteiger partial charge in [-0.15, -0.1) is 0 Å². The van der Waals surface area contributed by atoms with E-state index < -0.39 is 0 Å². The molecule has 0 amide bonds. The minimum absolute atomic E-state index is 0.437. The summed E-state index contributed by atoms with van der Waals surface area (Å²) in [6.07, 6.45) is 6.76. The molecule has 72 heavy (non-hydrogen) atoms. The third kappa shape index (κ3) is 25.7. The number of nitrogens with zero attached hydrogens (tertiary/aromatic N) is 14. The maximum absolute atomic E-state index is 2.65. The van der Waals surface area contributed by atoms with Crippen LogP contribution >= 0.6 is 0 Å². The zero-order valence-electron chi connectivity index (χ0n) is 53.7. The molecule has 0 N–H and O–H groups in total. The van der Waals surface area contributed by atoms with Crippen molar-refractivity contribution < 1.29 is 31.4 Å². The second-order valence-corrected chi connectivity index (χ2v) is 29.6. The van der Waals surface area contributed by atoms with Gasteiger partial charge in [0.05, 0.1) is 176 Å². The lowest BCUT2D eigenvalue weighted by Crippen LogP contribution is -2.72. The van der Waals surface area contributed by atoms with Crippen LogP contribution in [0.3, 0.4) is 0 Å². The number of hydrogen-bond donors (Lipinski definition) is 0. The summed E-state index contributed by atoms with van der Waals surface area (Å²) < 4.78 is 8.43. The molecule has 8 aliphatic rings. The summed E-state index contributed by atoms with van der Waals surface area (Å²) in [5.74, 6) is 0.813. The van der Waals surface area contributed by atoms with Crippen molar-refractivity contribution in [2.45, 2.75) is 126 Å². The SMILES string of the molecule is CC(C)CN1CC[N+](C)(C)C1.CC(C)N1CC[N+](C)(C)C1.CCC(C)(C)N1C[N+]2(CCCC2)C1.CCC(C)N1CC[N+](C)(C)C1.CCCN1CC[N+](C)(C)C1.CCN1CC[N+](C)(C)C1.CN1CC[N+](C)(C)C1. The Morgan fingerprint density at radius 3 is 1.12 bits per heavy atom. The van der Waals surface area contributed by atoms with Crippen molar-refractivity contribution in [3.63, 3.8) is 0 Å². The summed E-state index contributed by atoms with van der Waals surface area (Å²) in [5.41, 5.74) is 0.437. The Morgan fingerprint density at radius 2 is 0.847 bits per heavy atom. The van der Waals surface area contributed by atoms with Crippen LogP contribution in [0.15, 0.2) is 0 Å². The van der Waals surface area contributed by atoms with Crippen LogP contribution in [0, 0.1) is 5.92 Å². The van der Waals surface area contributed by atoms with E-state index in [1.165, 1.54) is 219 Å². The van der Waals surface area contributed by atoms with Gasteiger partial charge in [0.15, 0.2) is 0 Å². The third-order valence-electron chi connectivity index (χ3n) is 17.4. The van der Waals surface area contributed by atoms with E-state index in [4.69, 9.17) is 0 Å². The Bertz CT molecular complexity index is 1460. The van der Waals surface area contributed by atoms with E-state index in [1.54, 1.807) is 0 Å². The molecule has 0 aromatic rings. The molecule has 14 heteroatoms. The van der Waals surface area contributed by atoms with E-state index in [-0.39, 0.29) is 0 Å². The average Bonchev–Trinajstić information content (AvgIpc) is 4.14. The molecular weight excluding hydrogens is 893 g/mol. The molecule has 0 aromatic carbocycles. The van der Waals surface area contributed by atoms with E-state index in [0.29, 0.717) is 5.54 Å². The summed E-state index contributed by atoms with van der Waals surface area (Å²) in [6.45, 7) is 57.4. The lowest BCUT2D eigenvalue weighted by Gasteiger charge is -2.55. The van der Waals surface area contributed by atoms with Gasteiger partial charge in [0.2, 0.25) is 0 Å². The van der Waals surface area contributed by atoms with Gasteiger partial charge < -0.3 is 26.9 Å². The predicted octanol–water partition coefficient (Wildman–Crippen LogP) is 5.95. The Balaban J connectivity index is 0.000000289. The molecule has 0 saturated carbocycles. The van der Waals surface area contributed by atoms with Crippen molar-refractivity contribution >= 4 is 0 Å². The average molecular weight is 1030 g/mol. The fourth-order valence-electron chi connectivity index (χ4n) is 11.6. The molecule has 0 aliphatic carbocycles. The van der Waals surface area contributed by atoms with Crippen LogP contribution in [0.5, 0.6) is 0 Å². The molecule has 1 unspecified atom stereocenters.